The van der Waals surface area contributed by atoms with Gasteiger partial charge in [-0.1, -0.05) is 77.2 Å². The summed E-state index contributed by atoms with van der Waals surface area (Å²) in [6, 6.07) is 8.02. The van der Waals surface area contributed by atoms with Crippen LogP contribution in [0.4, 0.5) is 0 Å². The molecule has 1 rings (SSSR count). The molecule has 134 valence electrons. The molecule has 0 aromatic heterocycles. The Bertz CT molecular complexity index is 482. The van der Waals surface area contributed by atoms with Crippen molar-refractivity contribution >= 4 is 5.97 Å². The van der Waals surface area contributed by atoms with Gasteiger partial charge in [0, 0.05) is 12.5 Å². The first-order valence-electron chi connectivity index (χ1n) is 9.28. The van der Waals surface area contributed by atoms with Crippen LogP contribution in [0.2, 0.25) is 0 Å². The minimum absolute atomic E-state index is 0.452. The van der Waals surface area contributed by atoms with Gasteiger partial charge in [0.1, 0.15) is 5.75 Å². The first-order valence-corrected chi connectivity index (χ1v) is 9.28. The quantitative estimate of drug-likeness (QED) is 0.197. The Hall–Kier alpha value is -1.77. The standard InChI is InChI=1S/C21H32O3/c1-4-7-8-9-10-11-12-15-18-16-13-14-17-19(18)23-21(6-3)24-20(22)5-2/h5,13-14,16-17,21H,2,4,6-12,15H2,1,3H3. The molecule has 0 N–H and O–H groups in total. The second-order valence-electron chi connectivity index (χ2n) is 6.08. The lowest BCUT2D eigenvalue weighted by molar-refractivity contribution is -0.157. The van der Waals surface area contributed by atoms with Crippen LogP contribution < -0.4 is 4.74 Å². The van der Waals surface area contributed by atoms with Crippen molar-refractivity contribution in [1.29, 1.82) is 0 Å². The zero-order valence-corrected chi connectivity index (χ0v) is 15.3. The van der Waals surface area contributed by atoms with E-state index in [1.165, 1.54) is 44.1 Å². The van der Waals surface area contributed by atoms with Crippen LogP contribution in [0.3, 0.4) is 0 Å². The van der Waals surface area contributed by atoms with Crippen LogP contribution in [0.15, 0.2) is 36.9 Å². The Morgan fingerprint density at radius 3 is 2.42 bits per heavy atom. The molecule has 0 bridgehead atoms. The highest BCUT2D eigenvalue weighted by atomic mass is 16.7. The van der Waals surface area contributed by atoms with Gasteiger partial charge in [-0.05, 0) is 24.5 Å². The molecule has 1 unspecified atom stereocenters. The van der Waals surface area contributed by atoms with Crippen molar-refractivity contribution in [1.82, 2.24) is 0 Å². The number of carbonyl (C=O) groups excluding carboxylic acids is 1. The highest BCUT2D eigenvalue weighted by Crippen LogP contribution is 2.23. The van der Waals surface area contributed by atoms with Crippen LogP contribution in [-0.4, -0.2) is 12.3 Å². The molecule has 3 nitrogen and oxygen atoms in total. The number of unbranched alkanes of at least 4 members (excludes halogenated alkanes) is 6. The maximum Gasteiger partial charge on any atom is 0.333 e. The summed E-state index contributed by atoms with van der Waals surface area (Å²) in [7, 11) is 0. The van der Waals surface area contributed by atoms with Gasteiger partial charge in [0.05, 0.1) is 0 Å². The zero-order valence-electron chi connectivity index (χ0n) is 15.3. The second-order valence-corrected chi connectivity index (χ2v) is 6.08. The van der Waals surface area contributed by atoms with E-state index in [4.69, 9.17) is 9.47 Å². The molecule has 0 heterocycles. The fourth-order valence-electron chi connectivity index (χ4n) is 2.61. The first kappa shape index (κ1) is 20.3. The number of benzene rings is 1. The van der Waals surface area contributed by atoms with E-state index in [1.807, 2.05) is 25.1 Å². The fourth-order valence-corrected chi connectivity index (χ4v) is 2.61. The van der Waals surface area contributed by atoms with E-state index in [0.29, 0.717) is 6.42 Å². The topological polar surface area (TPSA) is 35.5 Å². The van der Waals surface area contributed by atoms with Crippen molar-refractivity contribution in [3.8, 4) is 5.75 Å². The number of ether oxygens (including phenoxy) is 2. The maximum atomic E-state index is 11.4. The minimum atomic E-state index is -0.564. The van der Waals surface area contributed by atoms with Gasteiger partial charge in [-0.3, -0.25) is 0 Å². The number of hydrogen-bond acceptors (Lipinski definition) is 3. The molecule has 0 aliphatic heterocycles. The van der Waals surface area contributed by atoms with Crippen LogP contribution in [0.1, 0.15) is 70.8 Å². The molecule has 0 aliphatic rings. The summed E-state index contributed by atoms with van der Waals surface area (Å²) >= 11 is 0. The minimum Gasteiger partial charge on any atom is -0.455 e. The van der Waals surface area contributed by atoms with Crippen molar-refractivity contribution in [3.05, 3.63) is 42.5 Å². The van der Waals surface area contributed by atoms with E-state index in [-0.39, 0.29) is 0 Å². The van der Waals surface area contributed by atoms with Crippen LogP contribution in [-0.2, 0) is 16.0 Å². The van der Waals surface area contributed by atoms with Crippen LogP contribution in [0.25, 0.3) is 0 Å². The van der Waals surface area contributed by atoms with Crippen molar-refractivity contribution in [2.75, 3.05) is 0 Å². The Morgan fingerprint density at radius 1 is 1.08 bits per heavy atom. The molecule has 0 saturated carbocycles. The van der Waals surface area contributed by atoms with Crippen LogP contribution in [0.5, 0.6) is 5.75 Å². The molecule has 1 aromatic rings. The molecule has 0 spiro atoms. The van der Waals surface area contributed by atoms with Crippen LogP contribution >= 0.6 is 0 Å². The summed E-state index contributed by atoms with van der Waals surface area (Å²) in [4.78, 5) is 11.4. The molecule has 0 saturated heterocycles. The van der Waals surface area contributed by atoms with E-state index < -0.39 is 12.3 Å². The van der Waals surface area contributed by atoms with Crippen molar-refractivity contribution < 1.29 is 14.3 Å². The van der Waals surface area contributed by atoms with Gasteiger partial charge in [-0.25, -0.2) is 4.79 Å². The summed E-state index contributed by atoms with van der Waals surface area (Å²) in [5.74, 6) is 0.360. The Labute approximate surface area is 147 Å². The zero-order chi connectivity index (χ0) is 17.6. The van der Waals surface area contributed by atoms with Gasteiger partial charge < -0.3 is 9.47 Å². The van der Waals surface area contributed by atoms with E-state index in [0.717, 1.165) is 24.7 Å². The summed E-state index contributed by atoms with van der Waals surface area (Å²) < 4.78 is 11.1. The predicted molar refractivity (Wildman–Crippen MR) is 99.1 cm³/mol. The lowest BCUT2D eigenvalue weighted by atomic mass is 10.0. The summed E-state index contributed by atoms with van der Waals surface area (Å²) in [6.07, 6.45) is 11.2. The van der Waals surface area contributed by atoms with Crippen LogP contribution in [0, 0.1) is 0 Å². The van der Waals surface area contributed by atoms with Gasteiger partial charge in [0.2, 0.25) is 6.29 Å². The number of aryl methyl sites for hydroxylation is 1. The van der Waals surface area contributed by atoms with Gasteiger partial charge in [-0.2, -0.15) is 0 Å². The van der Waals surface area contributed by atoms with Crippen molar-refractivity contribution in [2.24, 2.45) is 0 Å². The van der Waals surface area contributed by atoms with Gasteiger partial charge in [0.15, 0.2) is 0 Å². The molecule has 0 radical (unpaired) electrons. The number of para-hydroxylation sites is 1. The van der Waals surface area contributed by atoms with E-state index in [2.05, 4.69) is 19.6 Å². The third kappa shape index (κ3) is 8.19. The Morgan fingerprint density at radius 2 is 1.75 bits per heavy atom. The molecule has 1 aromatic carbocycles. The lowest BCUT2D eigenvalue weighted by Crippen LogP contribution is -2.23. The lowest BCUT2D eigenvalue weighted by Gasteiger charge is -2.19. The summed E-state index contributed by atoms with van der Waals surface area (Å²) in [6.45, 7) is 7.59. The third-order valence-corrected chi connectivity index (χ3v) is 4.03. The van der Waals surface area contributed by atoms with Gasteiger partial charge >= 0.3 is 5.97 Å². The largest absolute Gasteiger partial charge is 0.455 e. The summed E-state index contributed by atoms with van der Waals surface area (Å²) in [5, 5.41) is 0. The van der Waals surface area contributed by atoms with Gasteiger partial charge in [-0.15, -0.1) is 0 Å². The molecular weight excluding hydrogens is 300 g/mol. The number of rotatable bonds is 13. The van der Waals surface area contributed by atoms with E-state index in [1.54, 1.807) is 0 Å². The molecule has 0 amide bonds. The number of hydrogen-bond donors (Lipinski definition) is 0. The first-order chi connectivity index (χ1) is 11.7. The van der Waals surface area contributed by atoms with E-state index >= 15 is 0 Å². The SMILES string of the molecule is C=CC(=O)OC(CC)Oc1ccccc1CCCCCCCCC. The number of esters is 1. The smallest absolute Gasteiger partial charge is 0.333 e. The van der Waals surface area contributed by atoms with Gasteiger partial charge in [0.25, 0.3) is 0 Å². The highest BCUT2D eigenvalue weighted by molar-refractivity contribution is 5.81. The summed E-state index contributed by atoms with van der Waals surface area (Å²) in [5.41, 5.74) is 1.18. The average Bonchev–Trinajstić information content (AvgIpc) is 2.61. The molecule has 0 fully saturated rings. The van der Waals surface area contributed by atoms with Crippen molar-refractivity contribution in [3.63, 3.8) is 0 Å². The van der Waals surface area contributed by atoms with Crippen molar-refractivity contribution in [2.45, 2.75) is 77.9 Å². The highest BCUT2D eigenvalue weighted by Gasteiger charge is 2.14. The normalized spacial score (nSPS) is 11.8. The maximum absolute atomic E-state index is 11.4. The third-order valence-electron chi connectivity index (χ3n) is 4.03. The Balaban J connectivity index is 2.45. The second kappa shape index (κ2) is 12.6. The molecule has 0 aliphatic carbocycles. The monoisotopic (exact) mass is 332 g/mol. The molecular formula is C21H32O3. The average molecular weight is 332 g/mol. The molecule has 24 heavy (non-hydrogen) atoms. The Kier molecular flexibility index (Phi) is 10.7. The molecule has 1 atom stereocenters. The number of carbonyl (C=O) groups is 1. The molecule has 3 heteroatoms. The predicted octanol–water partition coefficient (Wildman–Crippen LogP) is 5.82. The van der Waals surface area contributed by atoms with E-state index in [9.17, 15) is 4.79 Å². The fraction of sp³-hybridized carbons (Fsp3) is 0.571.